The Hall–Kier alpha value is -2.09. The molecule has 2 aromatic rings. The first kappa shape index (κ1) is 16.4. The van der Waals surface area contributed by atoms with Gasteiger partial charge in [0.1, 0.15) is 0 Å². The predicted molar refractivity (Wildman–Crippen MR) is 89.3 cm³/mol. The molecule has 6 nitrogen and oxygen atoms in total. The molecule has 2 aromatic carbocycles. The number of hydrogen-bond acceptors (Lipinski definition) is 6. The Kier molecular flexibility index (Phi) is 3.75. The van der Waals surface area contributed by atoms with E-state index < -0.39 is 39.6 Å². The van der Waals surface area contributed by atoms with Crippen molar-refractivity contribution in [3.8, 4) is 11.5 Å². The van der Waals surface area contributed by atoms with Crippen molar-refractivity contribution < 1.29 is 28.1 Å². The van der Waals surface area contributed by atoms with Gasteiger partial charge in [-0.1, -0.05) is 24.3 Å². The van der Waals surface area contributed by atoms with Gasteiger partial charge >= 0.3 is 0 Å². The van der Waals surface area contributed by atoms with Gasteiger partial charge in [-0.3, -0.25) is 0 Å². The Morgan fingerprint density at radius 2 is 1.68 bits per heavy atom. The fourth-order valence-corrected chi connectivity index (χ4v) is 6.19. The summed E-state index contributed by atoms with van der Waals surface area (Å²) in [6, 6.07) is 13.3. The summed E-state index contributed by atoms with van der Waals surface area (Å²) in [5.41, 5.74) is -0.403. The molecule has 132 valence electrons. The molecule has 1 aliphatic carbocycles. The van der Waals surface area contributed by atoms with Crippen molar-refractivity contribution in [2.75, 3.05) is 20.0 Å². The quantitative estimate of drug-likeness (QED) is 0.833. The molecule has 0 aromatic heterocycles. The number of hydrogen-bond donors (Lipinski definition) is 2. The molecular weight excluding hydrogens is 344 g/mol. The van der Waals surface area contributed by atoms with E-state index in [2.05, 4.69) is 0 Å². The second kappa shape index (κ2) is 5.72. The van der Waals surface area contributed by atoms with Gasteiger partial charge < -0.3 is 19.7 Å². The van der Waals surface area contributed by atoms with Crippen LogP contribution in [0.1, 0.15) is 11.5 Å². The molecule has 2 atom stereocenters. The molecule has 2 N–H and O–H groups in total. The molecular formula is C18H18O6S. The molecule has 0 radical (unpaired) electrons. The van der Waals surface area contributed by atoms with Gasteiger partial charge in [0.05, 0.1) is 23.4 Å². The minimum atomic E-state index is -3.70. The normalized spacial score (nSPS) is 23.4. The highest BCUT2D eigenvalue weighted by molar-refractivity contribution is 7.92. The molecule has 1 fully saturated rings. The fourth-order valence-electron chi connectivity index (χ4n) is 3.74. The van der Waals surface area contributed by atoms with E-state index in [4.69, 9.17) is 9.47 Å². The monoisotopic (exact) mass is 362 g/mol. The number of aliphatic hydroxyl groups excluding tert-OH is 2. The number of aliphatic hydroxyl groups is 2. The fraction of sp³-hybridized carbons (Fsp3) is 0.333. The first-order chi connectivity index (χ1) is 12.0. The standard InChI is InChI=1S/C18H18O6S/c19-9-18(10-20)16(12-6-7-14-15(8-12)24-11-23-14)17(18)25(21,22)13-4-2-1-3-5-13/h1-8,16-17,19-20H,9-11H2/t16-,17+/m0/s1. The van der Waals surface area contributed by atoms with E-state index in [1.54, 1.807) is 36.4 Å². The maximum atomic E-state index is 13.1. The summed E-state index contributed by atoms with van der Waals surface area (Å²) in [7, 11) is -3.70. The molecule has 1 aliphatic heterocycles. The maximum absolute atomic E-state index is 13.1. The Labute approximate surface area is 145 Å². The average Bonchev–Trinajstić information content (AvgIpc) is 3.12. The van der Waals surface area contributed by atoms with Gasteiger partial charge in [0.25, 0.3) is 0 Å². The average molecular weight is 362 g/mol. The molecule has 0 spiro atoms. The highest BCUT2D eigenvalue weighted by Crippen LogP contribution is 2.64. The third kappa shape index (κ3) is 2.34. The van der Waals surface area contributed by atoms with E-state index in [1.807, 2.05) is 0 Å². The van der Waals surface area contributed by atoms with Gasteiger partial charge in [0.2, 0.25) is 6.79 Å². The van der Waals surface area contributed by atoms with Crippen LogP contribution in [0.4, 0.5) is 0 Å². The zero-order valence-electron chi connectivity index (χ0n) is 13.3. The Balaban J connectivity index is 1.77. The van der Waals surface area contributed by atoms with Gasteiger partial charge in [0.15, 0.2) is 21.3 Å². The van der Waals surface area contributed by atoms with Crippen LogP contribution in [0, 0.1) is 5.41 Å². The van der Waals surface area contributed by atoms with Gasteiger partial charge in [-0.15, -0.1) is 0 Å². The summed E-state index contributed by atoms with van der Waals surface area (Å²) in [5.74, 6) is 0.637. The van der Waals surface area contributed by atoms with E-state index in [0.717, 1.165) is 0 Å². The van der Waals surface area contributed by atoms with Gasteiger partial charge in [0, 0.05) is 11.3 Å². The lowest BCUT2D eigenvalue weighted by atomic mass is 10.0. The van der Waals surface area contributed by atoms with Crippen LogP contribution in [0.15, 0.2) is 53.4 Å². The number of sulfone groups is 1. The second-order valence-corrected chi connectivity index (χ2v) is 8.49. The van der Waals surface area contributed by atoms with E-state index in [-0.39, 0.29) is 11.7 Å². The molecule has 1 heterocycles. The maximum Gasteiger partial charge on any atom is 0.231 e. The van der Waals surface area contributed by atoms with Crippen LogP contribution >= 0.6 is 0 Å². The van der Waals surface area contributed by atoms with Crippen LogP contribution < -0.4 is 9.47 Å². The first-order valence-corrected chi connectivity index (χ1v) is 9.49. The zero-order valence-corrected chi connectivity index (χ0v) is 14.1. The summed E-state index contributed by atoms with van der Waals surface area (Å²) < 4.78 is 36.8. The minimum Gasteiger partial charge on any atom is -0.454 e. The van der Waals surface area contributed by atoms with Crippen LogP contribution in [0.25, 0.3) is 0 Å². The minimum absolute atomic E-state index is 0.125. The molecule has 0 unspecified atom stereocenters. The van der Waals surface area contributed by atoms with Crippen LogP contribution in [-0.2, 0) is 9.84 Å². The summed E-state index contributed by atoms with van der Waals surface area (Å²) in [6.45, 7) is -0.709. The van der Waals surface area contributed by atoms with Gasteiger partial charge in [-0.25, -0.2) is 8.42 Å². The number of benzene rings is 2. The number of ether oxygens (including phenoxy) is 2. The van der Waals surface area contributed by atoms with Crippen LogP contribution in [0.3, 0.4) is 0 Å². The molecule has 4 rings (SSSR count). The summed E-state index contributed by atoms with van der Waals surface area (Å²) in [6.07, 6.45) is 0. The lowest BCUT2D eigenvalue weighted by molar-refractivity contribution is 0.130. The Morgan fingerprint density at radius 3 is 2.36 bits per heavy atom. The van der Waals surface area contributed by atoms with Crippen LogP contribution in [-0.4, -0.2) is 43.9 Å². The highest BCUT2D eigenvalue weighted by Gasteiger charge is 2.70. The Morgan fingerprint density at radius 1 is 1.00 bits per heavy atom. The van der Waals surface area contributed by atoms with Crippen molar-refractivity contribution in [3.63, 3.8) is 0 Å². The lowest BCUT2D eigenvalue weighted by Gasteiger charge is -2.11. The summed E-state index contributed by atoms with van der Waals surface area (Å²) >= 11 is 0. The SMILES string of the molecule is O=S(=O)(c1ccccc1)[C@@H]1[C@H](c2ccc3c(c2)OCO3)C1(CO)CO. The van der Waals surface area contributed by atoms with E-state index >= 15 is 0 Å². The van der Waals surface area contributed by atoms with Gasteiger partial charge in [-0.2, -0.15) is 0 Å². The van der Waals surface area contributed by atoms with Crippen LogP contribution in [0.2, 0.25) is 0 Å². The molecule has 1 saturated carbocycles. The zero-order chi connectivity index (χ0) is 17.7. The molecule has 0 bridgehead atoms. The molecule has 0 saturated heterocycles. The predicted octanol–water partition coefficient (Wildman–Crippen LogP) is 1.33. The van der Waals surface area contributed by atoms with Crippen molar-refractivity contribution in [3.05, 3.63) is 54.1 Å². The van der Waals surface area contributed by atoms with Crippen molar-refractivity contribution in [1.29, 1.82) is 0 Å². The first-order valence-electron chi connectivity index (χ1n) is 7.95. The van der Waals surface area contributed by atoms with Crippen molar-refractivity contribution in [2.24, 2.45) is 5.41 Å². The third-order valence-corrected chi connectivity index (χ3v) is 7.47. The lowest BCUT2D eigenvalue weighted by Crippen LogP contribution is -2.22. The molecule has 25 heavy (non-hydrogen) atoms. The number of rotatable bonds is 5. The third-order valence-electron chi connectivity index (χ3n) is 5.13. The molecule has 0 amide bonds. The largest absolute Gasteiger partial charge is 0.454 e. The van der Waals surface area contributed by atoms with E-state index in [1.165, 1.54) is 12.1 Å². The van der Waals surface area contributed by atoms with E-state index in [0.29, 0.717) is 17.1 Å². The smallest absolute Gasteiger partial charge is 0.231 e. The summed E-state index contributed by atoms with van der Waals surface area (Å²) in [4.78, 5) is 0.189. The molecule has 2 aliphatic rings. The topological polar surface area (TPSA) is 93.1 Å². The van der Waals surface area contributed by atoms with Crippen LogP contribution in [0.5, 0.6) is 11.5 Å². The van der Waals surface area contributed by atoms with Crippen molar-refractivity contribution in [2.45, 2.75) is 16.1 Å². The van der Waals surface area contributed by atoms with Crippen molar-refractivity contribution >= 4 is 9.84 Å². The van der Waals surface area contributed by atoms with Crippen molar-refractivity contribution in [1.82, 2.24) is 0 Å². The Bertz CT molecular complexity index is 889. The van der Waals surface area contributed by atoms with E-state index in [9.17, 15) is 18.6 Å². The second-order valence-electron chi connectivity index (χ2n) is 6.42. The summed E-state index contributed by atoms with van der Waals surface area (Å²) in [5, 5.41) is 18.9. The van der Waals surface area contributed by atoms with Gasteiger partial charge in [-0.05, 0) is 29.8 Å². The molecule has 7 heteroatoms. The highest BCUT2D eigenvalue weighted by atomic mass is 32.2. The number of fused-ring (bicyclic) bond motifs is 1.